The molecule has 0 saturated carbocycles. The lowest BCUT2D eigenvalue weighted by Gasteiger charge is -2.13. The third-order valence-electron chi connectivity index (χ3n) is 2.25. The van der Waals surface area contributed by atoms with Gasteiger partial charge < -0.3 is 9.47 Å². The lowest BCUT2D eigenvalue weighted by atomic mass is 10.2. The first-order chi connectivity index (χ1) is 7.63. The van der Waals surface area contributed by atoms with E-state index in [4.69, 9.17) is 9.47 Å². The molecule has 1 aliphatic heterocycles. The van der Waals surface area contributed by atoms with Crippen molar-refractivity contribution in [1.82, 2.24) is 0 Å². The number of rotatable bonds is 6. The van der Waals surface area contributed by atoms with E-state index in [0.717, 1.165) is 30.4 Å². The van der Waals surface area contributed by atoms with Crippen molar-refractivity contribution in [2.75, 3.05) is 6.61 Å². The Hall–Kier alpha value is -1.09. The maximum Gasteiger partial charge on any atom is 0.333 e. The van der Waals surface area contributed by atoms with Crippen molar-refractivity contribution in [2.45, 2.75) is 46.3 Å². The standard InChI is InChI=1S/C13H20O3/c1-4-5-6-7-15-13-11(8-10(2)3)9-12(14)16-13/h8-9,13H,4-7H2,1-3H3. The van der Waals surface area contributed by atoms with E-state index < -0.39 is 6.29 Å². The first-order valence-electron chi connectivity index (χ1n) is 5.82. The van der Waals surface area contributed by atoms with Gasteiger partial charge in [0.1, 0.15) is 0 Å². The highest BCUT2D eigenvalue weighted by Gasteiger charge is 2.24. The van der Waals surface area contributed by atoms with Crippen molar-refractivity contribution in [3.63, 3.8) is 0 Å². The SMILES string of the molecule is CCCCCOC1OC(=O)C=C1C=C(C)C. The van der Waals surface area contributed by atoms with Crippen molar-refractivity contribution in [3.8, 4) is 0 Å². The number of carbonyl (C=O) groups is 1. The van der Waals surface area contributed by atoms with Crippen molar-refractivity contribution in [3.05, 3.63) is 23.3 Å². The zero-order valence-corrected chi connectivity index (χ0v) is 10.3. The Kier molecular flexibility index (Phi) is 5.26. The van der Waals surface area contributed by atoms with Crippen LogP contribution >= 0.6 is 0 Å². The smallest absolute Gasteiger partial charge is 0.333 e. The molecule has 0 fully saturated rings. The summed E-state index contributed by atoms with van der Waals surface area (Å²) in [6.07, 6.45) is 6.23. The number of esters is 1. The minimum Gasteiger partial charge on any atom is -0.428 e. The molecule has 0 amide bonds. The molecule has 0 spiro atoms. The van der Waals surface area contributed by atoms with Gasteiger partial charge in [0.25, 0.3) is 0 Å². The average Bonchev–Trinajstić information content (AvgIpc) is 2.53. The van der Waals surface area contributed by atoms with Crippen LogP contribution in [0.3, 0.4) is 0 Å². The van der Waals surface area contributed by atoms with Gasteiger partial charge in [0.05, 0.1) is 6.61 Å². The van der Waals surface area contributed by atoms with E-state index in [1.165, 1.54) is 6.08 Å². The molecule has 0 aliphatic carbocycles. The first kappa shape index (κ1) is 13.0. The van der Waals surface area contributed by atoms with Crippen molar-refractivity contribution in [1.29, 1.82) is 0 Å². The molecule has 0 saturated heterocycles. The van der Waals surface area contributed by atoms with Crippen molar-refractivity contribution >= 4 is 5.97 Å². The van der Waals surface area contributed by atoms with Gasteiger partial charge in [-0.15, -0.1) is 0 Å². The molecule has 16 heavy (non-hydrogen) atoms. The Bertz CT molecular complexity index is 298. The number of unbranched alkanes of at least 4 members (excludes halogenated alkanes) is 2. The number of carbonyl (C=O) groups excluding carboxylic acids is 1. The average molecular weight is 224 g/mol. The molecular formula is C13H20O3. The summed E-state index contributed by atoms with van der Waals surface area (Å²) in [6.45, 7) is 6.75. The van der Waals surface area contributed by atoms with E-state index >= 15 is 0 Å². The summed E-state index contributed by atoms with van der Waals surface area (Å²) in [7, 11) is 0. The van der Waals surface area contributed by atoms with Crippen LogP contribution in [0.5, 0.6) is 0 Å². The van der Waals surface area contributed by atoms with Crippen molar-refractivity contribution < 1.29 is 14.3 Å². The summed E-state index contributed by atoms with van der Waals surface area (Å²) >= 11 is 0. The third-order valence-corrected chi connectivity index (χ3v) is 2.25. The molecule has 0 bridgehead atoms. The maximum atomic E-state index is 11.1. The summed E-state index contributed by atoms with van der Waals surface area (Å²) in [5.41, 5.74) is 1.95. The second-order valence-electron chi connectivity index (χ2n) is 4.21. The van der Waals surface area contributed by atoms with Gasteiger partial charge in [-0.25, -0.2) is 4.79 Å². The normalized spacial score (nSPS) is 19.3. The minimum atomic E-state index is -0.501. The summed E-state index contributed by atoms with van der Waals surface area (Å²) in [6, 6.07) is 0. The number of allylic oxidation sites excluding steroid dienone is 1. The summed E-state index contributed by atoms with van der Waals surface area (Å²) in [4.78, 5) is 11.1. The molecule has 1 unspecified atom stereocenters. The molecule has 0 aromatic heterocycles. The van der Waals surface area contributed by atoms with Crippen LogP contribution in [0.2, 0.25) is 0 Å². The fourth-order valence-corrected chi connectivity index (χ4v) is 1.53. The third kappa shape index (κ3) is 4.19. The van der Waals surface area contributed by atoms with Crippen LogP contribution in [-0.2, 0) is 14.3 Å². The molecule has 0 radical (unpaired) electrons. The van der Waals surface area contributed by atoms with Gasteiger partial charge >= 0.3 is 5.97 Å². The summed E-state index contributed by atoms with van der Waals surface area (Å²) < 4.78 is 10.6. The molecule has 3 heteroatoms. The van der Waals surface area contributed by atoms with Crippen LogP contribution < -0.4 is 0 Å². The van der Waals surface area contributed by atoms with Gasteiger partial charge in [-0.1, -0.05) is 31.4 Å². The lowest BCUT2D eigenvalue weighted by molar-refractivity contribution is -0.159. The fraction of sp³-hybridized carbons (Fsp3) is 0.615. The molecule has 90 valence electrons. The van der Waals surface area contributed by atoms with Crippen LogP contribution in [0.4, 0.5) is 0 Å². The van der Waals surface area contributed by atoms with E-state index in [1.807, 2.05) is 19.9 Å². The zero-order chi connectivity index (χ0) is 12.0. The number of ether oxygens (including phenoxy) is 2. The predicted molar refractivity (Wildman–Crippen MR) is 62.9 cm³/mol. The highest BCUT2D eigenvalue weighted by molar-refractivity contribution is 5.86. The largest absolute Gasteiger partial charge is 0.428 e. The van der Waals surface area contributed by atoms with Crippen LogP contribution in [0, 0.1) is 0 Å². The van der Waals surface area contributed by atoms with E-state index in [0.29, 0.717) is 6.61 Å². The highest BCUT2D eigenvalue weighted by atomic mass is 16.7. The fourth-order valence-electron chi connectivity index (χ4n) is 1.53. The number of hydrogen-bond donors (Lipinski definition) is 0. The van der Waals surface area contributed by atoms with E-state index in [1.54, 1.807) is 0 Å². The monoisotopic (exact) mass is 224 g/mol. The van der Waals surface area contributed by atoms with Crippen LogP contribution in [0.1, 0.15) is 40.0 Å². The first-order valence-corrected chi connectivity index (χ1v) is 5.82. The Morgan fingerprint density at radius 3 is 2.88 bits per heavy atom. The molecule has 1 rings (SSSR count). The molecule has 0 aromatic carbocycles. The maximum absolute atomic E-state index is 11.1. The Morgan fingerprint density at radius 2 is 2.25 bits per heavy atom. The van der Waals surface area contributed by atoms with Crippen molar-refractivity contribution in [2.24, 2.45) is 0 Å². The van der Waals surface area contributed by atoms with E-state index in [2.05, 4.69) is 6.92 Å². The molecular weight excluding hydrogens is 204 g/mol. The zero-order valence-electron chi connectivity index (χ0n) is 10.3. The molecule has 0 aromatic rings. The number of cyclic esters (lactones) is 1. The van der Waals surface area contributed by atoms with Gasteiger partial charge in [-0.05, 0) is 20.3 Å². The van der Waals surface area contributed by atoms with Gasteiger partial charge in [0.2, 0.25) is 6.29 Å². The Morgan fingerprint density at radius 1 is 1.50 bits per heavy atom. The minimum absolute atomic E-state index is 0.312. The van der Waals surface area contributed by atoms with E-state index in [-0.39, 0.29) is 5.97 Å². The second kappa shape index (κ2) is 6.48. The second-order valence-corrected chi connectivity index (χ2v) is 4.21. The summed E-state index contributed by atoms with van der Waals surface area (Å²) in [5.74, 6) is -0.312. The van der Waals surface area contributed by atoms with E-state index in [9.17, 15) is 4.79 Å². The molecule has 3 nitrogen and oxygen atoms in total. The molecule has 1 heterocycles. The lowest BCUT2D eigenvalue weighted by Crippen LogP contribution is -2.16. The van der Waals surface area contributed by atoms with Gasteiger partial charge in [-0.2, -0.15) is 0 Å². The Balaban J connectivity index is 2.44. The molecule has 0 N–H and O–H groups in total. The van der Waals surface area contributed by atoms with Gasteiger partial charge in [-0.3, -0.25) is 0 Å². The summed E-state index contributed by atoms with van der Waals surface area (Å²) in [5, 5.41) is 0. The van der Waals surface area contributed by atoms with Crippen LogP contribution in [0.25, 0.3) is 0 Å². The number of hydrogen-bond acceptors (Lipinski definition) is 3. The van der Waals surface area contributed by atoms with Gasteiger partial charge in [0, 0.05) is 11.6 Å². The van der Waals surface area contributed by atoms with Gasteiger partial charge in [0.15, 0.2) is 0 Å². The topological polar surface area (TPSA) is 35.5 Å². The highest BCUT2D eigenvalue weighted by Crippen LogP contribution is 2.19. The van der Waals surface area contributed by atoms with Crippen LogP contribution in [0.15, 0.2) is 23.3 Å². The molecule has 1 aliphatic rings. The van der Waals surface area contributed by atoms with Crippen LogP contribution in [-0.4, -0.2) is 18.9 Å². The quantitative estimate of drug-likeness (QED) is 0.514. The predicted octanol–water partition coefficient (Wildman–Crippen LogP) is 2.97. The molecule has 1 atom stereocenters. The Labute approximate surface area is 97.1 Å².